The van der Waals surface area contributed by atoms with Crippen LogP contribution in [0.3, 0.4) is 0 Å². The monoisotopic (exact) mass is 367 g/mol. The van der Waals surface area contributed by atoms with Gasteiger partial charge in [0.1, 0.15) is 5.75 Å². The minimum absolute atomic E-state index is 0.0000285. The second-order valence-corrected chi connectivity index (χ2v) is 7.25. The number of hydrogen-bond donors (Lipinski definition) is 1. The predicted octanol–water partition coefficient (Wildman–Crippen LogP) is 3.36. The van der Waals surface area contributed by atoms with E-state index in [1.807, 2.05) is 49.4 Å². The van der Waals surface area contributed by atoms with E-state index in [4.69, 9.17) is 4.74 Å². The van der Waals surface area contributed by atoms with Gasteiger partial charge in [-0.05, 0) is 37.3 Å². The molecule has 0 radical (unpaired) electrons. The largest absolute Gasteiger partial charge is 0.482 e. The van der Waals surface area contributed by atoms with Crippen LogP contribution in [0, 0.1) is 6.92 Å². The van der Waals surface area contributed by atoms with Crippen molar-refractivity contribution in [1.82, 2.24) is 4.98 Å². The minimum Gasteiger partial charge on any atom is -0.482 e. The van der Waals surface area contributed by atoms with Crippen molar-refractivity contribution in [2.75, 3.05) is 23.4 Å². The number of anilines is 2. The number of nitrogens with one attached hydrogen (secondary N) is 1. The Morgan fingerprint density at radius 1 is 1.31 bits per heavy atom. The summed E-state index contributed by atoms with van der Waals surface area (Å²) in [7, 11) is 0. The van der Waals surface area contributed by atoms with Crippen molar-refractivity contribution in [1.29, 1.82) is 0 Å². The molecule has 0 atom stereocenters. The van der Waals surface area contributed by atoms with Gasteiger partial charge < -0.3 is 15.0 Å². The summed E-state index contributed by atoms with van der Waals surface area (Å²) in [6.07, 6.45) is 0.208. The van der Waals surface area contributed by atoms with Gasteiger partial charge in [0.2, 0.25) is 5.91 Å². The van der Waals surface area contributed by atoms with Gasteiger partial charge in [0.15, 0.2) is 6.61 Å². The zero-order chi connectivity index (χ0) is 18.1. The first-order chi connectivity index (χ1) is 12.6. The molecule has 1 aliphatic rings. The Balaban J connectivity index is 1.42. The number of aryl methyl sites for hydroxylation is 1. The number of aromatic nitrogens is 1. The Labute approximate surface area is 154 Å². The van der Waals surface area contributed by atoms with Crippen LogP contribution < -0.4 is 15.0 Å². The Kier molecular flexibility index (Phi) is 4.30. The van der Waals surface area contributed by atoms with Gasteiger partial charge in [0, 0.05) is 18.7 Å². The summed E-state index contributed by atoms with van der Waals surface area (Å²) in [4.78, 5) is 30.5. The average molecular weight is 367 g/mol. The van der Waals surface area contributed by atoms with Crippen LogP contribution in [0.25, 0.3) is 10.2 Å². The normalized spacial score (nSPS) is 13.4. The van der Waals surface area contributed by atoms with E-state index in [1.54, 1.807) is 16.2 Å². The molecule has 2 amide bonds. The number of fused-ring (bicyclic) bond motifs is 2. The summed E-state index contributed by atoms with van der Waals surface area (Å²) in [5.41, 5.74) is 2.37. The number of nitrogens with zero attached hydrogens (tertiary/aromatic N) is 2. The highest BCUT2D eigenvalue weighted by Gasteiger charge is 2.25. The maximum atomic E-state index is 12.3. The molecule has 1 aromatic heterocycles. The molecule has 0 aliphatic carbocycles. The molecule has 132 valence electrons. The number of rotatable bonds is 4. The zero-order valence-corrected chi connectivity index (χ0v) is 15.0. The number of carbonyl (C=O) groups excluding carboxylic acids is 2. The Morgan fingerprint density at radius 3 is 3.04 bits per heavy atom. The first kappa shape index (κ1) is 16.5. The van der Waals surface area contributed by atoms with Crippen LogP contribution in [-0.2, 0) is 9.59 Å². The van der Waals surface area contributed by atoms with Gasteiger partial charge in [-0.3, -0.25) is 9.59 Å². The van der Waals surface area contributed by atoms with Crippen molar-refractivity contribution in [3.8, 4) is 5.75 Å². The topological polar surface area (TPSA) is 71.5 Å². The fourth-order valence-electron chi connectivity index (χ4n) is 2.95. The van der Waals surface area contributed by atoms with E-state index < -0.39 is 0 Å². The number of ether oxygens (including phenoxy) is 1. The number of para-hydroxylation sites is 2. The summed E-state index contributed by atoms with van der Waals surface area (Å²) >= 11 is 1.59. The van der Waals surface area contributed by atoms with E-state index in [-0.39, 0.29) is 24.8 Å². The number of benzene rings is 2. The van der Waals surface area contributed by atoms with Crippen molar-refractivity contribution < 1.29 is 14.3 Å². The fourth-order valence-corrected chi connectivity index (χ4v) is 3.82. The SMILES string of the molecule is Cc1nc2ccc(NC(=O)CCN3C(=O)COc4ccccc43)cc2s1. The van der Waals surface area contributed by atoms with Crippen LogP contribution >= 0.6 is 11.3 Å². The predicted molar refractivity (Wildman–Crippen MR) is 102 cm³/mol. The molecule has 0 saturated carbocycles. The molecule has 0 bridgehead atoms. The lowest BCUT2D eigenvalue weighted by atomic mass is 10.2. The molecular weight excluding hydrogens is 350 g/mol. The van der Waals surface area contributed by atoms with Crippen molar-refractivity contribution >= 4 is 44.7 Å². The maximum absolute atomic E-state index is 12.3. The summed E-state index contributed by atoms with van der Waals surface area (Å²) in [6.45, 7) is 2.27. The van der Waals surface area contributed by atoms with Gasteiger partial charge in [-0.1, -0.05) is 12.1 Å². The first-order valence-electron chi connectivity index (χ1n) is 8.29. The maximum Gasteiger partial charge on any atom is 0.265 e. The van der Waals surface area contributed by atoms with Crippen LogP contribution in [0.4, 0.5) is 11.4 Å². The third-order valence-electron chi connectivity index (χ3n) is 4.15. The Morgan fingerprint density at radius 2 is 2.15 bits per heavy atom. The molecule has 2 aromatic carbocycles. The summed E-state index contributed by atoms with van der Waals surface area (Å²) in [6, 6.07) is 13.0. The van der Waals surface area contributed by atoms with E-state index >= 15 is 0 Å². The van der Waals surface area contributed by atoms with E-state index in [1.165, 1.54) is 0 Å². The molecule has 0 fully saturated rings. The van der Waals surface area contributed by atoms with Crippen LogP contribution in [0.2, 0.25) is 0 Å². The fraction of sp³-hybridized carbons (Fsp3) is 0.211. The highest BCUT2D eigenvalue weighted by atomic mass is 32.1. The van der Waals surface area contributed by atoms with Crippen molar-refractivity contribution in [2.45, 2.75) is 13.3 Å². The zero-order valence-electron chi connectivity index (χ0n) is 14.2. The second-order valence-electron chi connectivity index (χ2n) is 6.02. The van der Waals surface area contributed by atoms with E-state index in [0.29, 0.717) is 18.0 Å². The third kappa shape index (κ3) is 3.25. The van der Waals surface area contributed by atoms with Crippen LogP contribution in [0.5, 0.6) is 5.75 Å². The van der Waals surface area contributed by atoms with E-state index in [9.17, 15) is 9.59 Å². The molecule has 1 aliphatic heterocycles. The van der Waals surface area contributed by atoms with Crippen LogP contribution in [0.1, 0.15) is 11.4 Å². The summed E-state index contributed by atoms with van der Waals surface area (Å²) in [5, 5.41) is 3.89. The Hall–Kier alpha value is -2.93. The molecule has 7 heteroatoms. The van der Waals surface area contributed by atoms with Crippen LogP contribution in [-0.4, -0.2) is 29.9 Å². The lowest BCUT2D eigenvalue weighted by Crippen LogP contribution is -2.40. The molecule has 0 unspecified atom stereocenters. The molecule has 3 aromatic rings. The molecule has 0 spiro atoms. The van der Waals surface area contributed by atoms with E-state index in [2.05, 4.69) is 10.3 Å². The quantitative estimate of drug-likeness (QED) is 0.768. The third-order valence-corrected chi connectivity index (χ3v) is 5.08. The summed E-state index contributed by atoms with van der Waals surface area (Å²) < 4.78 is 6.45. The second kappa shape index (κ2) is 6.76. The molecule has 26 heavy (non-hydrogen) atoms. The lowest BCUT2D eigenvalue weighted by Gasteiger charge is -2.29. The standard InChI is InChI=1S/C19H17N3O3S/c1-12-20-14-7-6-13(10-17(14)26-12)21-18(23)8-9-22-15-4-2-3-5-16(15)25-11-19(22)24/h2-7,10H,8-9,11H2,1H3,(H,21,23). The van der Waals surface area contributed by atoms with Crippen molar-refractivity contribution in [3.63, 3.8) is 0 Å². The molecule has 1 N–H and O–H groups in total. The molecule has 6 nitrogen and oxygen atoms in total. The van der Waals surface area contributed by atoms with Gasteiger partial charge in [-0.25, -0.2) is 4.98 Å². The lowest BCUT2D eigenvalue weighted by molar-refractivity contribution is -0.121. The van der Waals surface area contributed by atoms with E-state index in [0.717, 1.165) is 20.9 Å². The Bertz CT molecular complexity index is 999. The number of carbonyl (C=O) groups is 2. The van der Waals surface area contributed by atoms with Gasteiger partial charge in [-0.2, -0.15) is 0 Å². The first-order valence-corrected chi connectivity index (χ1v) is 9.11. The van der Waals surface area contributed by atoms with Gasteiger partial charge >= 0.3 is 0 Å². The van der Waals surface area contributed by atoms with Gasteiger partial charge in [0.25, 0.3) is 5.91 Å². The van der Waals surface area contributed by atoms with Crippen LogP contribution in [0.15, 0.2) is 42.5 Å². The highest BCUT2D eigenvalue weighted by Crippen LogP contribution is 2.31. The number of hydrogen-bond acceptors (Lipinski definition) is 5. The average Bonchev–Trinajstić information content (AvgIpc) is 3.00. The van der Waals surface area contributed by atoms with Gasteiger partial charge in [-0.15, -0.1) is 11.3 Å². The molecule has 4 rings (SSSR count). The molecule has 2 heterocycles. The van der Waals surface area contributed by atoms with Crippen molar-refractivity contribution in [3.05, 3.63) is 47.5 Å². The summed E-state index contributed by atoms with van der Waals surface area (Å²) in [5.74, 6) is 0.388. The highest BCUT2D eigenvalue weighted by molar-refractivity contribution is 7.18. The molecular formula is C19H17N3O3S. The molecule has 0 saturated heterocycles. The minimum atomic E-state index is -0.141. The smallest absolute Gasteiger partial charge is 0.265 e. The van der Waals surface area contributed by atoms with Gasteiger partial charge in [0.05, 0.1) is 20.9 Å². The van der Waals surface area contributed by atoms with Crippen molar-refractivity contribution in [2.24, 2.45) is 0 Å². The number of thiazole rings is 1. The number of amides is 2.